The van der Waals surface area contributed by atoms with Crippen molar-refractivity contribution in [2.45, 2.75) is 6.61 Å². The second-order valence-electron chi connectivity index (χ2n) is 5.78. The summed E-state index contributed by atoms with van der Waals surface area (Å²) >= 11 is 13.2. The summed E-state index contributed by atoms with van der Waals surface area (Å²) in [6.07, 6.45) is 1.81. The summed E-state index contributed by atoms with van der Waals surface area (Å²) < 4.78 is 7.81. The SMILES string of the molecule is N#C/C(=C\c1ccc(OCc2ccc(Br)cc2)c(Cl)c1)c1ccc(Br)cc1. The first kappa shape index (κ1) is 19.7. The van der Waals surface area contributed by atoms with Gasteiger partial charge in [0.05, 0.1) is 16.7 Å². The molecule has 2 nitrogen and oxygen atoms in total. The van der Waals surface area contributed by atoms with Crippen molar-refractivity contribution in [1.29, 1.82) is 5.26 Å². The fourth-order valence-corrected chi connectivity index (χ4v) is 3.21. The van der Waals surface area contributed by atoms with E-state index in [4.69, 9.17) is 16.3 Å². The number of halogens is 3. The predicted molar refractivity (Wildman–Crippen MR) is 118 cm³/mol. The quantitative estimate of drug-likeness (QED) is 0.267. The standard InChI is InChI=1S/C22H14Br2ClNO/c23-19-6-1-15(2-7-19)14-27-22-10-3-16(12-21(22)25)11-18(13-26)17-4-8-20(24)9-5-17/h1-12H,14H2/b18-11+. The van der Waals surface area contributed by atoms with Crippen LogP contribution < -0.4 is 4.74 Å². The van der Waals surface area contributed by atoms with Crippen molar-refractivity contribution in [2.24, 2.45) is 0 Å². The second kappa shape index (κ2) is 9.23. The molecular formula is C22H14Br2ClNO. The molecule has 0 N–H and O–H groups in total. The van der Waals surface area contributed by atoms with Gasteiger partial charge in [0.25, 0.3) is 0 Å². The fraction of sp³-hybridized carbons (Fsp3) is 0.0455. The Morgan fingerprint density at radius 3 is 2.19 bits per heavy atom. The summed E-state index contributed by atoms with van der Waals surface area (Å²) in [5.74, 6) is 0.610. The highest BCUT2D eigenvalue weighted by molar-refractivity contribution is 9.10. The van der Waals surface area contributed by atoms with E-state index in [-0.39, 0.29) is 0 Å². The minimum atomic E-state index is 0.435. The molecule has 0 bridgehead atoms. The van der Waals surface area contributed by atoms with E-state index in [2.05, 4.69) is 37.9 Å². The van der Waals surface area contributed by atoms with Crippen molar-refractivity contribution in [1.82, 2.24) is 0 Å². The van der Waals surface area contributed by atoms with Crippen LogP contribution in [0.2, 0.25) is 5.02 Å². The minimum Gasteiger partial charge on any atom is -0.487 e. The highest BCUT2D eigenvalue weighted by atomic mass is 79.9. The van der Waals surface area contributed by atoms with Crippen molar-refractivity contribution in [2.75, 3.05) is 0 Å². The van der Waals surface area contributed by atoms with Crippen molar-refractivity contribution in [3.05, 3.63) is 97.4 Å². The molecule has 0 atom stereocenters. The van der Waals surface area contributed by atoms with Crippen LogP contribution in [0.1, 0.15) is 16.7 Å². The van der Waals surface area contributed by atoms with Crippen LogP contribution in [0, 0.1) is 11.3 Å². The van der Waals surface area contributed by atoms with Crippen molar-refractivity contribution in [3.63, 3.8) is 0 Å². The van der Waals surface area contributed by atoms with Gasteiger partial charge in [-0.25, -0.2) is 0 Å². The predicted octanol–water partition coefficient (Wildman–Crippen LogP) is 7.51. The molecule has 0 spiro atoms. The molecule has 0 radical (unpaired) electrons. The third-order valence-electron chi connectivity index (χ3n) is 3.85. The molecule has 0 saturated carbocycles. The van der Waals surface area contributed by atoms with E-state index in [9.17, 15) is 5.26 Å². The molecule has 3 aromatic rings. The molecular weight excluding hydrogens is 490 g/mol. The van der Waals surface area contributed by atoms with Crippen LogP contribution in [-0.2, 0) is 6.61 Å². The molecule has 0 aromatic heterocycles. The Bertz CT molecular complexity index is 1010. The van der Waals surface area contributed by atoms with Gasteiger partial charge in [-0.05, 0) is 59.2 Å². The Morgan fingerprint density at radius 1 is 0.963 bits per heavy atom. The summed E-state index contributed by atoms with van der Waals surface area (Å²) in [6, 6.07) is 23.3. The Hall–Kier alpha value is -2.06. The summed E-state index contributed by atoms with van der Waals surface area (Å²) in [5, 5.41) is 9.98. The molecule has 0 aliphatic heterocycles. The summed E-state index contributed by atoms with van der Waals surface area (Å²) in [5.41, 5.74) is 3.32. The first-order valence-electron chi connectivity index (χ1n) is 8.10. The number of rotatable bonds is 5. The van der Waals surface area contributed by atoms with E-state index in [1.807, 2.05) is 66.7 Å². The summed E-state index contributed by atoms with van der Waals surface area (Å²) in [4.78, 5) is 0. The van der Waals surface area contributed by atoms with E-state index in [0.29, 0.717) is 23.0 Å². The van der Waals surface area contributed by atoms with Gasteiger partial charge in [-0.3, -0.25) is 0 Å². The maximum absolute atomic E-state index is 9.47. The summed E-state index contributed by atoms with van der Waals surface area (Å²) in [7, 11) is 0. The zero-order valence-corrected chi connectivity index (χ0v) is 18.1. The van der Waals surface area contributed by atoms with Crippen LogP contribution in [-0.4, -0.2) is 0 Å². The number of nitriles is 1. The Kier molecular flexibility index (Phi) is 6.73. The minimum absolute atomic E-state index is 0.435. The molecule has 0 fully saturated rings. The number of hydrogen-bond donors (Lipinski definition) is 0. The van der Waals surface area contributed by atoms with Gasteiger partial charge < -0.3 is 4.74 Å². The van der Waals surface area contributed by atoms with E-state index in [0.717, 1.165) is 25.6 Å². The van der Waals surface area contributed by atoms with Gasteiger partial charge >= 0.3 is 0 Å². The van der Waals surface area contributed by atoms with Gasteiger partial charge in [-0.15, -0.1) is 0 Å². The van der Waals surface area contributed by atoms with Crippen molar-refractivity contribution >= 4 is 55.1 Å². The lowest BCUT2D eigenvalue weighted by Gasteiger charge is -2.09. The van der Waals surface area contributed by atoms with E-state index in [1.165, 1.54) is 0 Å². The Morgan fingerprint density at radius 2 is 1.59 bits per heavy atom. The lowest BCUT2D eigenvalue weighted by Crippen LogP contribution is -1.96. The monoisotopic (exact) mass is 501 g/mol. The summed E-state index contributed by atoms with van der Waals surface area (Å²) in [6.45, 7) is 0.435. The van der Waals surface area contributed by atoms with Crippen LogP contribution in [0.5, 0.6) is 5.75 Å². The highest BCUT2D eigenvalue weighted by Gasteiger charge is 2.06. The molecule has 0 saturated heterocycles. The van der Waals surface area contributed by atoms with Gasteiger partial charge in [0.15, 0.2) is 0 Å². The average Bonchev–Trinajstić information content (AvgIpc) is 2.67. The lowest BCUT2D eigenvalue weighted by molar-refractivity contribution is 0.306. The molecule has 27 heavy (non-hydrogen) atoms. The van der Waals surface area contributed by atoms with Crippen LogP contribution in [0.25, 0.3) is 11.6 Å². The zero-order valence-electron chi connectivity index (χ0n) is 14.1. The molecule has 3 aromatic carbocycles. The number of nitrogens with zero attached hydrogens (tertiary/aromatic N) is 1. The largest absolute Gasteiger partial charge is 0.487 e. The van der Waals surface area contributed by atoms with Crippen LogP contribution in [0.3, 0.4) is 0 Å². The third-order valence-corrected chi connectivity index (χ3v) is 5.20. The van der Waals surface area contributed by atoms with Crippen LogP contribution in [0.4, 0.5) is 0 Å². The maximum Gasteiger partial charge on any atom is 0.138 e. The topological polar surface area (TPSA) is 33.0 Å². The van der Waals surface area contributed by atoms with E-state index < -0.39 is 0 Å². The van der Waals surface area contributed by atoms with E-state index in [1.54, 1.807) is 6.07 Å². The van der Waals surface area contributed by atoms with Gasteiger partial charge in [0.2, 0.25) is 0 Å². The highest BCUT2D eigenvalue weighted by Crippen LogP contribution is 2.28. The van der Waals surface area contributed by atoms with Crippen LogP contribution in [0.15, 0.2) is 75.7 Å². The molecule has 134 valence electrons. The van der Waals surface area contributed by atoms with Gasteiger partial charge in [0, 0.05) is 8.95 Å². The van der Waals surface area contributed by atoms with Crippen molar-refractivity contribution < 1.29 is 4.74 Å². The van der Waals surface area contributed by atoms with Crippen LogP contribution >= 0.6 is 43.5 Å². The lowest BCUT2D eigenvalue weighted by atomic mass is 10.0. The average molecular weight is 504 g/mol. The molecule has 0 aliphatic rings. The molecule has 0 aliphatic carbocycles. The van der Waals surface area contributed by atoms with E-state index >= 15 is 0 Å². The number of ether oxygens (including phenoxy) is 1. The Balaban J connectivity index is 1.76. The first-order chi connectivity index (χ1) is 13.0. The first-order valence-corrected chi connectivity index (χ1v) is 10.1. The third kappa shape index (κ3) is 5.46. The number of benzene rings is 3. The molecule has 5 heteroatoms. The smallest absolute Gasteiger partial charge is 0.138 e. The molecule has 0 heterocycles. The van der Waals surface area contributed by atoms with Gasteiger partial charge in [-0.1, -0.05) is 73.8 Å². The molecule has 0 amide bonds. The fourth-order valence-electron chi connectivity index (χ4n) is 2.44. The number of allylic oxidation sites excluding steroid dienone is 1. The molecule has 3 rings (SSSR count). The zero-order chi connectivity index (χ0) is 19.2. The van der Waals surface area contributed by atoms with Gasteiger partial charge in [0.1, 0.15) is 12.4 Å². The molecule has 0 unspecified atom stereocenters. The maximum atomic E-state index is 9.47. The number of hydrogen-bond acceptors (Lipinski definition) is 2. The van der Waals surface area contributed by atoms with Crippen molar-refractivity contribution in [3.8, 4) is 11.8 Å². The normalized spacial score (nSPS) is 11.1. The van der Waals surface area contributed by atoms with Gasteiger partial charge in [-0.2, -0.15) is 5.26 Å². The second-order valence-corrected chi connectivity index (χ2v) is 8.02. The Labute approximate surface area is 180 Å².